The van der Waals surface area contributed by atoms with Gasteiger partial charge < -0.3 is 29.3 Å². The van der Waals surface area contributed by atoms with Gasteiger partial charge in [0.25, 0.3) is 0 Å². The topological polar surface area (TPSA) is 101 Å². The number of fused-ring (bicyclic) bond motifs is 1. The van der Waals surface area contributed by atoms with E-state index in [9.17, 15) is 9.18 Å². The Hall–Kier alpha value is -4.74. The zero-order valence-electron chi connectivity index (χ0n) is 24.3. The van der Waals surface area contributed by atoms with Gasteiger partial charge in [-0.25, -0.2) is 14.6 Å². The van der Waals surface area contributed by atoms with Gasteiger partial charge in [-0.15, -0.1) is 0 Å². The van der Waals surface area contributed by atoms with Crippen LogP contribution in [-0.4, -0.2) is 80.5 Å². The molecular formula is C32H35FN6O4. The summed E-state index contributed by atoms with van der Waals surface area (Å²) in [5.41, 5.74) is 4.06. The number of methoxy groups -OCH3 is 1. The number of benzene rings is 3. The number of anilines is 1. The SMILES string of the molecule is COc1cc2c(Oc3ccc(/C=N/NC(=O)Nc4ccccc4)cc3F)ccnc2cc1OCCCN1CCN(C)CC1. The van der Waals surface area contributed by atoms with E-state index in [1.54, 1.807) is 55.8 Å². The Labute approximate surface area is 250 Å². The average Bonchev–Trinajstić information content (AvgIpc) is 3.01. The van der Waals surface area contributed by atoms with Crippen molar-refractivity contribution in [2.75, 3.05) is 58.8 Å². The summed E-state index contributed by atoms with van der Waals surface area (Å²) < 4.78 is 32.6. The van der Waals surface area contributed by atoms with Gasteiger partial charge in [-0.1, -0.05) is 18.2 Å². The normalized spacial score (nSPS) is 14.1. The molecule has 4 aromatic rings. The minimum absolute atomic E-state index is 0.0302. The zero-order chi connectivity index (χ0) is 30.0. The first-order valence-electron chi connectivity index (χ1n) is 14.1. The van der Waals surface area contributed by atoms with E-state index in [0.29, 0.717) is 46.0 Å². The molecule has 43 heavy (non-hydrogen) atoms. The van der Waals surface area contributed by atoms with E-state index in [1.165, 1.54) is 18.3 Å². The first-order chi connectivity index (χ1) is 21.0. The predicted molar refractivity (Wildman–Crippen MR) is 165 cm³/mol. The number of nitrogens with zero attached hydrogens (tertiary/aromatic N) is 4. The Morgan fingerprint density at radius 3 is 2.58 bits per heavy atom. The number of ether oxygens (including phenoxy) is 3. The highest BCUT2D eigenvalue weighted by Crippen LogP contribution is 2.37. The molecule has 0 unspecified atom stereocenters. The number of pyridine rings is 1. The Morgan fingerprint density at radius 2 is 1.81 bits per heavy atom. The van der Waals surface area contributed by atoms with Crippen molar-refractivity contribution >= 4 is 28.8 Å². The number of amides is 2. The molecule has 1 fully saturated rings. The molecule has 224 valence electrons. The third kappa shape index (κ3) is 8.18. The number of urea groups is 1. The highest BCUT2D eigenvalue weighted by atomic mass is 19.1. The summed E-state index contributed by atoms with van der Waals surface area (Å²) in [5, 5.41) is 7.18. The summed E-state index contributed by atoms with van der Waals surface area (Å²) in [7, 11) is 3.73. The summed E-state index contributed by atoms with van der Waals surface area (Å²) in [6, 6.07) is 18.1. The number of carbonyl (C=O) groups excluding carboxylic acids is 1. The van der Waals surface area contributed by atoms with Gasteiger partial charge in [0, 0.05) is 56.1 Å². The average molecular weight is 587 g/mol. The molecule has 10 nitrogen and oxygen atoms in total. The monoisotopic (exact) mass is 586 g/mol. The van der Waals surface area contributed by atoms with Crippen LogP contribution in [0, 0.1) is 5.82 Å². The van der Waals surface area contributed by atoms with Crippen LogP contribution >= 0.6 is 0 Å². The number of hydrazone groups is 1. The third-order valence-corrected chi connectivity index (χ3v) is 7.05. The number of hydrogen-bond donors (Lipinski definition) is 2. The molecule has 0 spiro atoms. The maximum atomic E-state index is 15.0. The summed E-state index contributed by atoms with van der Waals surface area (Å²) in [6.07, 6.45) is 3.85. The van der Waals surface area contributed by atoms with Crippen molar-refractivity contribution in [1.82, 2.24) is 20.2 Å². The molecule has 3 aromatic carbocycles. The van der Waals surface area contributed by atoms with Gasteiger partial charge in [-0.3, -0.25) is 4.98 Å². The van der Waals surface area contributed by atoms with Gasteiger partial charge in [0.1, 0.15) is 5.75 Å². The molecule has 0 aliphatic carbocycles. The molecule has 11 heteroatoms. The van der Waals surface area contributed by atoms with Gasteiger partial charge in [-0.05, 0) is 61.5 Å². The van der Waals surface area contributed by atoms with E-state index >= 15 is 0 Å². The van der Waals surface area contributed by atoms with Crippen molar-refractivity contribution in [2.24, 2.45) is 5.10 Å². The van der Waals surface area contributed by atoms with Crippen LogP contribution in [0.5, 0.6) is 23.0 Å². The molecule has 1 aliphatic heterocycles. The molecule has 0 atom stereocenters. The van der Waals surface area contributed by atoms with E-state index in [1.807, 2.05) is 12.1 Å². The number of rotatable bonds is 11. The van der Waals surface area contributed by atoms with E-state index < -0.39 is 11.8 Å². The van der Waals surface area contributed by atoms with Crippen molar-refractivity contribution in [1.29, 1.82) is 0 Å². The lowest BCUT2D eigenvalue weighted by molar-refractivity contribution is 0.145. The maximum absolute atomic E-state index is 15.0. The number of carbonyl (C=O) groups is 1. The Kier molecular flexibility index (Phi) is 9.98. The molecule has 1 aliphatic rings. The second-order valence-corrected chi connectivity index (χ2v) is 10.2. The van der Waals surface area contributed by atoms with Crippen LogP contribution in [0.2, 0.25) is 0 Å². The van der Waals surface area contributed by atoms with Crippen LogP contribution in [0.1, 0.15) is 12.0 Å². The van der Waals surface area contributed by atoms with Crippen molar-refractivity contribution < 1.29 is 23.4 Å². The van der Waals surface area contributed by atoms with Gasteiger partial charge in [0.15, 0.2) is 23.1 Å². The number of piperazine rings is 1. The van der Waals surface area contributed by atoms with E-state index in [2.05, 4.69) is 37.7 Å². The van der Waals surface area contributed by atoms with E-state index in [0.717, 1.165) is 39.1 Å². The Balaban J connectivity index is 1.20. The number of hydrogen-bond acceptors (Lipinski definition) is 8. The smallest absolute Gasteiger partial charge is 0.339 e. The quantitative estimate of drug-likeness (QED) is 0.139. The summed E-state index contributed by atoms with van der Waals surface area (Å²) >= 11 is 0. The van der Waals surface area contributed by atoms with Gasteiger partial charge in [-0.2, -0.15) is 5.10 Å². The summed E-state index contributed by atoms with van der Waals surface area (Å²) in [4.78, 5) is 21.2. The molecule has 0 bridgehead atoms. The minimum Gasteiger partial charge on any atom is -0.493 e. The Morgan fingerprint density at radius 1 is 1.00 bits per heavy atom. The fourth-order valence-corrected chi connectivity index (χ4v) is 4.68. The molecule has 2 N–H and O–H groups in total. The van der Waals surface area contributed by atoms with Crippen molar-refractivity contribution in [3.8, 4) is 23.0 Å². The number of para-hydroxylation sites is 1. The first kappa shape index (κ1) is 29.7. The van der Waals surface area contributed by atoms with Crippen LogP contribution in [0.3, 0.4) is 0 Å². The number of halogens is 1. The largest absolute Gasteiger partial charge is 0.493 e. The van der Waals surface area contributed by atoms with Gasteiger partial charge >= 0.3 is 6.03 Å². The molecular weight excluding hydrogens is 551 g/mol. The van der Waals surface area contributed by atoms with Crippen LogP contribution in [0.25, 0.3) is 10.9 Å². The van der Waals surface area contributed by atoms with Crippen LogP contribution in [0.4, 0.5) is 14.9 Å². The molecule has 5 rings (SSSR count). The minimum atomic E-state index is -0.588. The lowest BCUT2D eigenvalue weighted by Gasteiger charge is -2.32. The highest BCUT2D eigenvalue weighted by molar-refractivity contribution is 5.90. The van der Waals surface area contributed by atoms with Crippen molar-refractivity contribution in [3.63, 3.8) is 0 Å². The molecule has 1 saturated heterocycles. The number of likely N-dealkylation sites (N-methyl/N-ethyl adjacent to an activating group) is 1. The standard InChI is InChI=1S/C32H35FN6O4/c1-38-14-16-39(17-15-38)13-6-18-42-31-21-27-25(20-30(31)41-2)28(11-12-34-27)43-29-10-9-23(19-26(29)33)22-35-37-32(40)36-24-7-4-3-5-8-24/h3-5,7-12,19-22H,6,13-18H2,1-2H3,(H2,36,37,40)/b35-22+. The lowest BCUT2D eigenvalue weighted by atomic mass is 10.1. The fourth-order valence-electron chi connectivity index (χ4n) is 4.68. The molecule has 0 saturated carbocycles. The summed E-state index contributed by atoms with van der Waals surface area (Å²) in [6.45, 7) is 5.86. The molecule has 2 amide bonds. The van der Waals surface area contributed by atoms with Gasteiger partial charge in [0.2, 0.25) is 0 Å². The molecule has 1 aromatic heterocycles. The fraction of sp³-hybridized carbons (Fsp3) is 0.281. The summed E-state index contributed by atoms with van der Waals surface area (Å²) in [5.74, 6) is 1.00. The predicted octanol–water partition coefficient (Wildman–Crippen LogP) is 5.35. The number of nitrogens with one attached hydrogen (secondary N) is 2. The van der Waals surface area contributed by atoms with E-state index in [-0.39, 0.29) is 5.75 Å². The first-order valence-corrected chi connectivity index (χ1v) is 14.1. The van der Waals surface area contributed by atoms with Gasteiger partial charge in [0.05, 0.1) is 25.4 Å². The lowest BCUT2D eigenvalue weighted by Crippen LogP contribution is -2.44. The van der Waals surface area contributed by atoms with Crippen molar-refractivity contribution in [2.45, 2.75) is 6.42 Å². The van der Waals surface area contributed by atoms with E-state index in [4.69, 9.17) is 14.2 Å². The van der Waals surface area contributed by atoms with Crippen LogP contribution in [-0.2, 0) is 0 Å². The maximum Gasteiger partial charge on any atom is 0.339 e. The number of aromatic nitrogens is 1. The van der Waals surface area contributed by atoms with Crippen LogP contribution in [0.15, 0.2) is 78.0 Å². The second-order valence-electron chi connectivity index (χ2n) is 10.2. The highest BCUT2D eigenvalue weighted by Gasteiger charge is 2.15. The molecule has 2 heterocycles. The van der Waals surface area contributed by atoms with Crippen LogP contribution < -0.4 is 25.0 Å². The third-order valence-electron chi connectivity index (χ3n) is 7.05. The second kappa shape index (κ2) is 14.4. The van der Waals surface area contributed by atoms with Crippen molar-refractivity contribution in [3.05, 3.63) is 84.3 Å². The zero-order valence-corrected chi connectivity index (χ0v) is 24.3. The molecule has 0 radical (unpaired) electrons. The Bertz CT molecular complexity index is 1560.